The van der Waals surface area contributed by atoms with Crippen LogP contribution in [-0.2, 0) is 14.2 Å². The fourth-order valence-corrected chi connectivity index (χ4v) is 1.93. The molecule has 0 heterocycles. The first-order chi connectivity index (χ1) is 6.54. The number of rotatable bonds is 4. The van der Waals surface area contributed by atoms with E-state index in [4.69, 9.17) is 14.2 Å². The average Bonchev–Trinajstić information content (AvgIpc) is 2.23. The molecule has 1 unspecified atom stereocenters. The standard InChI is InChI=1S/C10H16O4/c1-6-9(11)7(2)8(12-3)10(9,13-4)14-5/h6,11H,1H2,2-5H3. The van der Waals surface area contributed by atoms with Gasteiger partial charge < -0.3 is 19.3 Å². The van der Waals surface area contributed by atoms with Crippen LogP contribution in [0.1, 0.15) is 6.92 Å². The molecule has 0 amide bonds. The molecule has 0 fully saturated rings. The highest BCUT2D eigenvalue weighted by atomic mass is 16.7. The Kier molecular flexibility index (Phi) is 2.71. The van der Waals surface area contributed by atoms with Gasteiger partial charge in [-0.3, -0.25) is 0 Å². The maximum atomic E-state index is 10.2. The molecular weight excluding hydrogens is 184 g/mol. The van der Waals surface area contributed by atoms with Gasteiger partial charge in [-0.2, -0.15) is 0 Å². The highest BCUT2D eigenvalue weighted by Gasteiger charge is 2.65. The third-order valence-corrected chi connectivity index (χ3v) is 2.79. The monoisotopic (exact) mass is 200 g/mol. The van der Waals surface area contributed by atoms with Crippen molar-refractivity contribution in [2.75, 3.05) is 21.3 Å². The van der Waals surface area contributed by atoms with Crippen LogP contribution < -0.4 is 0 Å². The van der Waals surface area contributed by atoms with Crippen molar-refractivity contribution in [3.05, 3.63) is 24.0 Å². The molecule has 0 aromatic heterocycles. The van der Waals surface area contributed by atoms with E-state index in [0.29, 0.717) is 11.3 Å². The number of hydrogen-bond acceptors (Lipinski definition) is 4. The van der Waals surface area contributed by atoms with E-state index in [2.05, 4.69) is 6.58 Å². The van der Waals surface area contributed by atoms with E-state index in [9.17, 15) is 5.11 Å². The van der Waals surface area contributed by atoms with Gasteiger partial charge in [0.15, 0.2) is 11.4 Å². The van der Waals surface area contributed by atoms with Gasteiger partial charge in [0, 0.05) is 19.8 Å². The number of aliphatic hydroxyl groups is 1. The third-order valence-electron chi connectivity index (χ3n) is 2.79. The van der Waals surface area contributed by atoms with Crippen molar-refractivity contribution in [1.82, 2.24) is 0 Å². The molecule has 1 aliphatic carbocycles. The molecule has 14 heavy (non-hydrogen) atoms. The van der Waals surface area contributed by atoms with Gasteiger partial charge in [-0.05, 0) is 6.92 Å². The van der Waals surface area contributed by atoms with Gasteiger partial charge in [0.2, 0.25) is 0 Å². The van der Waals surface area contributed by atoms with Crippen molar-refractivity contribution >= 4 is 0 Å². The Hall–Kier alpha value is -0.840. The lowest BCUT2D eigenvalue weighted by atomic mass is 9.72. The van der Waals surface area contributed by atoms with E-state index in [0.717, 1.165) is 0 Å². The molecule has 1 rings (SSSR count). The predicted octanol–water partition coefficient (Wildman–Crippen LogP) is 0.827. The largest absolute Gasteiger partial charge is 0.495 e. The summed E-state index contributed by atoms with van der Waals surface area (Å²) < 4.78 is 15.5. The van der Waals surface area contributed by atoms with Crippen LogP contribution >= 0.6 is 0 Å². The highest BCUT2D eigenvalue weighted by molar-refractivity contribution is 5.46. The van der Waals surface area contributed by atoms with Crippen molar-refractivity contribution < 1.29 is 19.3 Å². The molecule has 0 saturated carbocycles. The number of ether oxygens (including phenoxy) is 3. The average molecular weight is 200 g/mol. The Morgan fingerprint density at radius 1 is 1.29 bits per heavy atom. The molecule has 1 atom stereocenters. The van der Waals surface area contributed by atoms with Crippen LogP contribution in [0, 0.1) is 0 Å². The van der Waals surface area contributed by atoms with Gasteiger partial charge >= 0.3 is 0 Å². The van der Waals surface area contributed by atoms with Crippen molar-refractivity contribution in [2.45, 2.75) is 18.3 Å². The summed E-state index contributed by atoms with van der Waals surface area (Å²) in [5.41, 5.74) is -0.666. The zero-order valence-electron chi connectivity index (χ0n) is 8.96. The Bertz CT molecular complexity index is 278. The maximum absolute atomic E-state index is 10.2. The molecule has 0 aromatic carbocycles. The lowest BCUT2D eigenvalue weighted by molar-refractivity contribution is -0.291. The lowest BCUT2D eigenvalue weighted by Gasteiger charge is -2.52. The van der Waals surface area contributed by atoms with E-state index in [1.165, 1.54) is 27.4 Å². The Balaban J connectivity index is 3.25. The van der Waals surface area contributed by atoms with Crippen LogP contribution in [0.25, 0.3) is 0 Å². The minimum Gasteiger partial charge on any atom is -0.495 e. The SMILES string of the molecule is C=CC1(O)C(C)=C(OC)C1(OC)OC. The Morgan fingerprint density at radius 2 is 1.79 bits per heavy atom. The second-order valence-corrected chi connectivity index (χ2v) is 3.15. The molecule has 0 radical (unpaired) electrons. The summed E-state index contributed by atoms with van der Waals surface area (Å²) in [6, 6.07) is 0. The van der Waals surface area contributed by atoms with Gasteiger partial charge in [-0.1, -0.05) is 12.7 Å². The van der Waals surface area contributed by atoms with Gasteiger partial charge in [0.05, 0.1) is 7.11 Å². The molecule has 0 aliphatic heterocycles. The summed E-state index contributed by atoms with van der Waals surface area (Å²) in [5, 5.41) is 10.2. The maximum Gasteiger partial charge on any atom is 0.265 e. The fraction of sp³-hybridized carbons (Fsp3) is 0.600. The van der Waals surface area contributed by atoms with Gasteiger partial charge in [0.25, 0.3) is 5.79 Å². The molecule has 0 saturated heterocycles. The third kappa shape index (κ3) is 0.932. The minimum absolute atomic E-state index is 0.491. The van der Waals surface area contributed by atoms with Crippen LogP contribution in [0.4, 0.5) is 0 Å². The van der Waals surface area contributed by atoms with Gasteiger partial charge in [-0.15, -0.1) is 0 Å². The zero-order valence-corrected chi connectivity index (χ0v) is 8.96. The van der Waals surface area contributed by atoms with Crippen molar-refractivity contribution in [3.63, 3.8) is 0 Å². The van der Waals surface area contributed by atoms with Gasteiger partial charge in [-0.25, -0.2) is 0 Å². The molecule has 80 valence electrons. The molecule has 1 N–H and O–H groups in total. The molecule has 1 aliphatic rings. The quantitative estimate of drug-likeness (QED) is 0.539. The first-order valence-electron chi connectivity index (χ1n) is 4.26. The van der Waals surface area contributed by atoms with E-state index in [1.54, 1.807) is 6.92 Å². The smallest absolute Gasteiger partial charge is 0.265 e. The summed E-state index contributed by atoms with van der Waals surface area (Å²) in [6.45, 7) is 5.31. The predicted molar refractivity (Wildman–Crippen MR) is 51.6 cm³/mol. The molecule has 0 aromatic rings. The zero-order chi connectivity index (χ0) is 11.0. The topological polar surface area (TPSA) is 47.9 Å². The van der Waals surface area contributed by atoms with E-state index < -0.39 is 11.4 Å². The van der Waals surface area contributed by atoms with Crippen LogP contribution in [-0.4, -0.2) is 37.8 Å². The van der Waals surface area contributed by atoms with Crippen LogP contribution in [0.5, 0.6) is 0 Å². The summed E-state index contributed by atoms with van der Waals surface area (Å²) in [4.78, 5) is 0. The molecular formula is C10H16O4. The summed E-state index contributed by atoms with van der Waals surface area (Å²) in [5.74, 6) is -0.766. The normalized spacial score (nSPS) is 29.8. The lowest BCUT2D eigenvalue weighted by Crippen LogP contribution is -2.65. The minimum atomic E-state index is -1.32. The summed E-state index contributed by atoms with van der Waals surface area (Å²) >= 11 is 0. The number of methoxy groups -OCH3 is 3. The van der Waals surface area contributed by atoms with Crippen molar-refractivity contribution in [3.8, 4) is 0 Å². The first-order valence-corrected chi connectivity index (χ1v) is 4.26. The van der Waals surface area contributed by atoms with E-state index in [1.807, 2.05) is 0 Å². The van der Waals surface area contributed by atoms with E-state index in [-0.39, 0.29) is 0 Å². The molecule has 4 heteroatoms. The highest BCUT2D eigenvalue weighted by Crippen LogP contribution is 2.51. The van der Waals surface area contributed by atoms with Crippen LogP contribution in [0.3, 0.4) is 0 Å². The van der Waals surface area contributed by atoms with Gasteiger partial charge in [0.1, 0.15) is 0 Å². The summed E-state index contributed by atoms with van der Waals surface area (Å²) in [6.07, 6.45) is 1.39. The summed E-state index contributed by atoms with van der Waals surface area (Å²) in [7, 11) is 4.40. The molecule has 4 nitrogen and oxygen atoms in total. The first kappa shape index (κ1) is 11.2. The second kappa shape index (κ2) is 3.38. The second-order valence-electron chi connectivity index (χ2n) is 3.15. The number of hydrogen-bond donors (Lipinski definition) is 1. The molecule has 0 spiro atoms. The van der Waals surface area contributed by atoms with Crippen LogP contribution in [0.15, 0.2) is 24.0 Å². The Morgan fingerprint density at radius 3 is 2.07 bits per heavy atom. The van der Waals surface area contributed by atoms with Crippen molar-refractivity contribution in [1.29, 1.82) is 0 Å². The Labute approximate surface area is 83.8 Å². The van der Waals surface area contributed by atoms with Crippen LogP contribution in [0.2, 0.25) is 0 Å². The van der Waals surface area contributed by atoms with Crippen molar-refractivity contribution in [2.24, 2.45) is 0 Å². The fourth-order valence-electron chi connectivity index (χ4n) is 1.93. The molecule has 0 bridgehead atoms. The van der Waals surface area contributed by atoms with E-state index >= 15 is 0 Å².